The molecule has 0 unspecified atom stereocenters. The van der Waals surface area contributed by atoms with E-state index in [1.54, 1.807) is 17.5 Å². The molecule has 0 saturated carbocycles. The second-order valence-electron chi connectivity index (χ2n) is 5.02. The third-order valence-electron chi connectivity index (χ3n) is 3.57. The van der Waals surface area contributed by atoms with Crippen LogP contribution in [0.4, 0.5) is 5.82 Å². The highest BCUT2D eigenvalue weighted by atomic mass is 32.1. The molecule has 4 aromatic rings. The van der Waals surface area contributed by atoms with E-state index in [0.717, 1.165) is 43.8 Å². The number of benzene rings is 1. The van der Waals surface area contributed by atoms with E-state index in [2.05, 4.69) is 32.3 Å². The second-order valence-corrected chi connectivity index (χ2v) is 6.11. The van der Waals surface area contributed by atoms with Crippen LogP contribution in [0.25, 0.3) is 32.4 Å². The fourth-order valence-corrected chi connectivity index (χ4v) is 3.66. The topological polar surface area (TPSA) is 106 Å². The molecule has 0 fully saturated rings. The number of hydrogen-bond acceptors (Lipinski definition) is 6. The van der Waals surface area contributed by atoms with Crippen molar-refractivity contribution in [1.29, 1.82) is 0 Å². The summed E-state index contributed by atoms with van der Waals surface area (Å²) in [5.74, 6) is 0.462. The summed E-state index contributed by atoms with van der Waals surface area (Å²) in [6.07, 6.45) is 2.49. The number of anilines is 1. The molecule has 0 spiro atoms. The van der Waals surface area contributed by atoms with Crippen LogP contribution >= 0.6 is 11.3 Å². The number of H-pyrrole nitrogens is 1. The number of pyridine rings is 1. The van der Waals surface area contributed by atoms with Crippen molar-refractivity contribution in [3.63, 3.8) is 0 Å². The number of aromatic nitrogens is 4. The standard InChI is InChI=1S/C15H14N6S/c16-5-3-12-20-13-14(22-12)9-2-1-8(10-4-6-18-21-10)7-11(9)19-15(13)17/h1-2,4,6-7H,3,5,16H2,(H2,17,19)(H,18,21). The minimum Gasteiger partial charge on any atom is -0.382 e. The minimum atomic E-state index is 0.462. The van der Waals surface area contributed by atoms with Gasteiger partial charge in [-0.2, -0.15) is 5.10 Å². The van der Waals surface area contributed by atoms with Crippen molar-refractivity contribution in [2.45, 2.75) is 6.42 Å². The second kappa shape index (κ2) is 5.04. The van der Waals surface area contributed by atoms with Crippen molar-refractivity contribution in [2.75, 3.05) is 12.3 Å². The van der Waals surface area contributed by atoms with Gasteiger partial charge in [0.15, 0.2) is 5.82 Å². The van der Waals surface area contributed by atoms with Crippen molar-refractivity contribution >= 4 is 38.3 Å². The lowest BCUT2D eigenvalue weighted by molar-refractivity contribution is 0.958. The fraction of sp³-hybridized carbons (Fsp3) is 0.133. The molecule has 0 atom stereocenters. The number of fused-ring (bicyclic) bond motifs is 3. The van der Waals surface area contributed by atoms with E-state index >= 15 is 0 Å². The van der Waals surface area contributed by atoms with Gasteiger partial charge in [-0.05, 0) is 18.7 Å². The maximum Gasteiger partial charge on any atom is 0.151 e. The van der Waals surface area contributed by atoms with Gasteiger partial charge >= 0.3 is 0 Å². The number of nitrogens with two attached hydrogens (primary N) is 2. The molecule has 22 heavy (non-hydrogen) atoms. The van der Waals surface area contributed by atoms with Crippen molar-refractivity contribution < 1.29 is 0 Å². The Labute approximate surface area is 130 Å². The number of rotatable bonds is 3. The van der Waals surface area contributed by atoms with Gasteiger partial charge in [-0.3, -0.25) is 5.10 Å². The Kier molecular flexibility index (Phi) is 3.02. The lowest BCUT2D eigenvalue weighted by Crippen LogP contribution is -2.02. The maximum absolute atomic E-state index is 6.08. The Hall–Kier alpha value is -2.51. The molecule has 0 aliphatic carbocycles. The summed E-state index contributed by atoms with van der Waals surface area (Å²) in [6.45, 7) is 0.578. The molecule has 0 aliphatic heterocycles. The minimum absolute atomic E-state index is 0.462. The Morgan fingerprint density at radius 3 is 2.86 bits per heavy atom. The summed E-state index contributed by atoms with van der Waals surface area (Å²) in [6, 6.07) is 8.05. The van der Waals surface area contributed by atoms with Gasteiger partial charge in [0.2, 0.25) is 0 Å². The summed E-state index contributed by atoms with van der Waals surface area (Å²) in [5.41, 5.74) is 15.3. The van der Waals surface area contributed by atoms with Crippen molar-refractivity contribution in [3.05, 3.63) is 35.5 Å². The first kappa shape index (κ1) is 13.2. The quantitative estimate of drug-likeness (QED) is 0.538. The van der Waals surface area contributed by atoms with Crippen LogP contribution in [0.2, 0.25) is 0 Å². The van der Waals surface area contributed by atoms with Crippen LogP contribution in [0.3, 0.4) is 0 Å². The number of nitrogen functional groups attached to an aromatic ring is 1. The van der Waals surface area contributed by atoms with E-state index < -0.39 is 0 Å². The molecule has 4 rings (SSSR count). The highest BCUT2D eigenvalue weighted by molar-refractivity contribution is 7.19. The normalized spacial score (nSPS) is 11.5. The van der Waals surface area contributed by atoms with Crippen LogP contribution in [0.5, 0.6) is 0 Å². The summed E-state index contributed by atoms with van der Waals surface area (Å²) < 4.78 is 1.07. The van der Waals surface area contributed by atoms with Crippen LogP contribution in [0.1, 0.15) is 5.01 Å². The zero-order valence-electron chi connectivity index (χ0n) is 11.7. The third kappa shape index (κ3) is 2.02. The van der Waals surface area contributed by atoms with Gasteiger partial charge in [0.05, 0.1) is 20.9 Å². The number of nitrogens with one attached hydrogen (secondary N) is 1. The molecule has 7 heteroatoms. The maximum atomic E-state index is 6.08. The molecule has 6 nitrogen and oxygen atoms in total. The molecular formula is C15H14N6S. The summed E-state index contributed by atoms with van der Waals surface area (Å²) in [5, 5.41) is 9.00. The monoisotopic (exact) mass is 310 g/mol. The number of thiazole rings is 1. The van der Waals surface area contributed by atoms with Gasteiger partial charge in [0, 0.05) is 23.6 Å². The van der Waals surface area contributed by atoms with Gasteiger partial charge in [-0.15, -0.1) is 11.3 Å². The number of hydrogen-bond donors (Lipinski definition) is 3. The largest absolute Gasteiger partial charge is 0.382 e. The highest BCUT2D eigenvalue weighted by Gasteiger charge is 2.13. The third-order valence-corrected chi connectivity index (χ3v) is 4.72. The lowest BCUT2D eigenvalue weighted by Gasteiger charge is -2.03. The smallest absolute Gasteiger partial charge is 0.151 e. The van der Waals surface area contributed by atoms with E-state index in [1.807, 2.05) is 12.1 Å². The van der Waals surface area contributed by atoms with Crippen LogP contribution < -0.4 is 11.5 Å². The van der Waals surface area contributed by atoms with E-state index in [0.29, 0.717) is 12.4 Å². The molecule has 1 aromatic carbocycles. The Balaban J connectivity index is 1.96. The van der Waals surface area contributed by atoms with Gasteiger partial charge in [-0.1, -0.05) is 12.1 Å². The first-order valence-corrected chi connectivity index (χ1v) is 7.76. The molecule has 0 aliphatic rings. The molecule has 0 amide bonds. The Morgan fingerprint density at radius 1 is 1.18 bits per heavy atom. The predicted octanol–water partition coefficient (Wildman–Crippen LogP) is 2.32. The summed E-state index contributed by atoms with van der Waals surface area (Å²) >= 11 is 1.64. The number of aromatic amines is 1. The van der Waals surface area contributed by atoms with Gasteiger partial charge in [0.25, 0.3) is 0 Å². The number of nitrogens with zero attached hydrogens (tertiary/aromatic N) is 3. The SMILES string of the molecule is NCCc1nc2c(N)nc3cc(-c4ccn[nH]4)ccc3c2s1. The molecule has 5 N–H and O–H groups in total. The molecule has 3 aromatic heterocycles. The average Bonchev–Trinajstić information content (AvgIpc) is 3.17. The lowest BCUT2D eigenvalue weighted by atomic mass is 10.1. The van der Waals surface area contributed by atoms with Crippen LogP contribution in [-0.4, -0.2) is 26.7 Å². The van der Waals surface area contributed by atoms with E-state index in [9.17, 15) is 0 Å². The van der Waals surface area contributed by atoms with Crippen LogP contribution in [0.15, 0.2) is 30.5 Å². The van der Waals surface area contributed by atoms with E-state index in [4.69, 9.17) is 11.5 Å². The zero-order valence-corrected chi connectivity index (χ0v) is 12.5. The molecule has 110 valence electrons. The summed E-state index contributed by atoms with van der Waals surface area (Å²) in [4.78, 5) is 9.06. The van der Waals surface area contributed by atoms with Crippen LogP contribution in [0, 0.1) is 0 Å². The molecule has 0 bridgehead atoms. The van der Waals surface area contributed by atoms with Crippen LogP contribution in [-0.2, 0) is 6.42 Å². The first-order valence-electron chi connectivity index (χ1n) is 6.95. The van der Waals surface area contributed by atoms with E-state index in [1.165, 1.54) is 0 Å². The van der Waals surface area contributed by atoms with E-state index in [-0.39, 0.29) is 0 Å². The Bertz CT molecular complexity index is 957. The fourth-order valence-electron chi connectivity index (χ4n) is 2.53. The predicted molar refractivity (Wildman–Crippen MR) is 89.7 cm³/mol. The molecule has 3 heterocycles. The average molecular weight is 310 g/mol. The zero-order chi connectivity index (χ0) is 15.1. The highest BCUT2D eigenvalue weighted by Crippen LogP contribution is 2.34. The molecular weight excluding hydrogens is 296 g/mol. The molecule has 0 saturated heterocycles. The van der Waals surface area contributed by atoms with Crippen molar-refractivity contribution in [3.8, 4) is 11.3 Å². The molecule has 0 radical (unpaired) electrons. The first-order chi connectivity index (χ1) is 10.8. The summed E-state index contributed by atoms with van der Waals surface area (Å²) in [7, 11) is 0. The van der Waals surface area contributed by atoms with Crippen molar-refractivity contribution in [2.24, 2.45) is 5.73 Å². The Morgan fingerprint density at radius 2 is 2.09 bits per heavy atom. The van der Waals surface area contributed by atoms with Crippen molar-refractivity contribution in [1.82, 2.24) is 20.2 Å². The van der Waals surface area contributed by atoms with Gasteiger partial charge in [0.1, 0.15) is 5.52 Å². The van der Waals surface area contributed by atoms with Gasteiger partial charge < -0.3 is 11.5 Å². The van der Waals surface area contributed by atoms with Gasteiger partial charge in [-0.25, -0.2) is 9.97 Å².